The molecular formula is C20H20ClN3OS2. The van der Waals surface area contributed by atoms with Crippen LogP contribution < -0.4 is 4.90 Å². The number of anilines is 1. The number of carbonyl (C=O) groups is 1. The van der Waals surface area contributed by atoms with Gasteiger partial charge in [0.25, 0.3) is 0 Å². The van der Waals surface area contributed by atoms with Gasteiger partial charge in [-0.25, -0.2) is 4.98 Å². The van der Waals surface area contributed by atoms with Gasteiger partial charge in [-0.15, -0.1) is 11.8 Å². The molecule has 0 spiro atoms. The molecule has 1 fully saturated rings. The summed E-state index contributed by atoms with van der Waals surface area (Å²) >= 11 is 9.64. The molecule has 1 saturated heterocycles. The number of hydrogen-bond acceptors (Lipinski definition) is 5. The third-order valence-electron chi connectivity index (χ3n) is 4.59. The van der Waals surface area contributed by atoms with E-state index in [-0.39, 0.29) is 5.91 Å². The van der Waals surface area contributed by atoms with Gasteiger partial charge in [0.05, 0.1) is 9.72 Å². The van der Waals surface area contributed by atoms with Crippen LogP contribution in [-0.2, 0) is 4.79 Å². The molecule has 0 N–H and O–H groups in total. The molecule has 2 heterocycles. The maximum absolute atomic E-state index is 12.5. The highest BCUT2D eigenvalue weighted by atomic mass is 35.5. The molecule has 3 aromatic rings. The highest BCUT2D eigenvalue weighted by molar-refractivity contribution is 7.99. The molecule has 0 unspecified atom stereocenters. The van der Waals surface area contributed by atoms with Gasteiger partial charge in [0, 0.05) is 43.2 Å². The van der Waals surface area contributed by atoms with E-state index in [2.05, 4.69) is 17.0 Å². The van der Waals surface area contributed by atoms with Gasteiger partial charge in [-0.3, -0.25) is 4.79 Å². The number of halogens is 1. The molecule has 1 aliphatic rings. The van der Waals surface area contributed by atoms with E-state index in [1.807, 2.05) is 41.3 Å². The van der Waals surface area contributed by atoms with Crippen molar-refractivity contribution in [2.24, 2.45) is 0 Å². The minimum absolute atomic E-state index is 0.241. The van der Waals surface area contributed by atoms with Gasteiger partial charge in [0.2, 0.25) is 5.91 Å². The van der Waals surface area contributed by atoms with Gasteiger partial charge < -0.3 is 9.80 Å². The van der Waals surface area contributed by atoms with Crippen LogP contribution in [0.5, 0.6) is 0 Å². The lowest BCUT2D eigenvalue weighted by atomic mass is 10.3. The van der Waals surface area contributed by atoms with Crippen LogP contribution in [0.4, 0.5) is 5.13 Å². The van der Waals surface area contributed by atoms with Gasteiger partial charge in [-0.1, -0.05) is 47.2 Å². The Balaban J connectivity index is 1.29. The zero-order chi connectivity index (χ0) is 18.6. The van der Waals surface area contributed by atoms with Gasteiger partial charge in [0.15, 0.2) is 5.13 Å². The standard InChI is InChI=1S/C20H20ClN3OS2/c21-16-7-4-8-17-19(16)22-20(27-17)24-12-10-23(11-13-24)18(25)9-14-26-15-5-2-1-3-6-15/h1-8H,9-14H2. The monoisotopic (exact) mass is 417 g/mol. The van der Waals surface area contributed by atoms with E-state index in [1.54, 1.807) is 23.1 Å². The average Bonchev–Trinajstić information content (AvgIpc) is 3.15. The number of rotatable bonds is 5. The summed E-state index contributed by atoms with van der Waals surface area (Å²) in [5.41, 5.74) is 0.871. The number of thioether (sulfide) groups is 1. The predicted molar refractivity (Wildman–Crippen MR) is 115 cm³/mol. The first-order chi connectivity index (χ1) is 13.2. The topological polar surface area (TPSA) is 36.4 Å². The SMILES string of the molecule is O=C(CCSc1ccccc1)N1CCN(c2nc3c(Cl)cccc3s2)CC1. The molecule has 27 heavy (non-hydrogen) atoms. The number of piperazine rings is 1. The quantitative estimate of drug-likeness (QED) is 0.560. The third-order valence-corrected chi connectivity index (χ3v) is 6.99. The van der Waals surface area contributed by atoms with Crippen LogP contribution in [0.3, 0.4) is 0 Å². The fraction of sp³-hybridized carbons (Fsp3) is 0.300. The molecule has 2 aromatic carbocycles. The Hall–Kier alpha value is -1.76. The zero-order valence-electron chi connectivity index (χ0n) is 14.8. The molecular weight excluding hydrogens is 398 g/mol. The summed E-state index contributed by atoms with van der Waals surface area (Å²) < 4.78 is 1.11. The van der Waals surface area contributed by atoms with Crippen molar-refractivity contribution in [2.75, 3.05) is 36.8 Å². The van der Waals surface area contributed by atoms with Crippen LogP contribution in [0, 0.1) is 0 Å². The van der Waals surface area contributed by atoms with Crippen LogP contribution in [0.2, 0.25) is 5.02 Å². The lowest BCUT2D eigenvalue weighted by Gasteiger charge is -2.34. The fourth-order valence-corrected chi connectivity index (χ4v) is 5.30. The molecule has 0 saturated carbocycles. The van der Waals surface area contributed by atoms with Gasteiger partial charge in [-0.05, 0) is 24.3 Å². The summed E-state index contributed by atoms with van der Waals surface area (Å²) in [6.07, 6.45) is 0.580. The second-order valence-electron chi connectivity index (χ2n) is 6.36. The second-order valence-corrected chi connectivity index (χ2v) is 8.95. The first-order valence-electron chi connectivity index (χ1n) is 8.96. The molecule has 1 amide bonds. The smallest absolute Gasteiger partial charge is 0.223 e. The molecule has 0 atom stereocenters. The summed E-state index contributed by atoms with van der Waals surface area (Å²) in [5.74, 6) is 1.06. The van der Waals surface area contributed by atoms with Crippen LogP contribution in [0.1, 0.15) is 6.42 Å². The highest BCUT2D eigenvalue weighted by Crippen LogP contribution is 2.33. The van der Waals surface area contributed by atoms with Crippen molar-refractivity contribution in [1.29, 1.82) is 0 Å². The second kappa shape index (κ2) is 8.50. The van der Waals surface area contributed by atoms with Crippen molar-refractivity contribution in [1.82, 2.24) is 9.88 Å². The number of carbonyl (C=O) groups excluding carboxylic acids is 1. The molecule has 4 rings (SSSR count). The number of para-hydroxylation sites is 1. The number of amides is 1. The van der Waals surface area contributed by atoms with Crippen molar-refractivity contribution >= 4 is 56.0 Å². The lowest BCUT2D eigenvalue weighted by Crippen LogP contribution is -2.48. The van der Waals surface area contributed by atoms with Crippen molar-refractivity contribution < 1.29 is 4.79 Å². The minimum Gasteiger partial charge on any atom is -0.345 e. The van der Waals surface area contributed by atoms with E-state index in [0.717, 1.165) is 47.3 Å². The third kappa shape index (κ3) is 4.39. The number of benzene rings is 2. The molecule has 7 heteroatoms. The van der Waals surface area contributed by atoms with Crippen molar-refractivity contribution in [2.45, 2.75) is 11.3 Å². The molecule has 140 valence electrons. The zero-order valence-corrected chi connectivity index (χ0v) is 17.2. The van der Waals surface area contributed by atoms with Crippen molar-refractivity contribution in [3.8, 4) is 0 Å². The summed E-state index contributed by atoms with van der Waals surface area (Å²) in [4.78, 5) is 22.6. The largest absolute Gasteiger partial charge is 0.345 e. The summed E-state index contributed by atoms with van der Waals surface area (Å²) in [6.45, 7) is 3.13. The highest BCUT2D eigenvalue weighted by Gasteiger charge is 2.23. The Bertz CT molecular complexity index is 923. The number of aromatic nitrogens is 1. The van der Waals surface area contributed by atoms with E-state index in [4.69, 9.17) is 16.6 Å². The van der Waals surface area contributed by atoms with Crippen molar-refractivity contribution in [3.05, 3.63) is 53.6 Å². The fourth-order valence-electron chi connectivity index (χ4n) is 3.12. The van der Waals surface area contributed by atoms with Crippen LogP contribution in [0.15, 0.2) is 53.4 Å². The Kier molecular flexibility index (Phi) is 5.86. The van der Waals surface area contributed by atoms with E-state index >= 15 is 0 Å². The predicted octanol–water partition coefficient (Wildman–Crippen LogP) is 4.78. The Morgan fingerprint density at radius 2 is 1.85 bits per heavy atom. The number of fused-ring (bicyclic) bond motifs is 1. The molecule has 0 bridgehead atoms. The number of thiazole rings is 1. The summed E-state index contributed by atoms with van der Waals surface area (Å²) in [5, 5.41) is 1.68. The number of hydrogen-bond donors (Lipinski definition) is 0. The first kappa shape index (κ1) is 18.6. The van der Waals surface area contributed by atoms with E-state index in [9.17, 15) is 4.79 Å². The van der Waals surface area contributed by atoms with Crippen LogP contribution >= 0.6 is 34.7 Å². The molecule has 1 aromatic heterocycles. The maximum atomic E-state index is 12.5. The molecule has 1 aliphatic heterocycles. The Labute approximate surface area is 172 Å². The minimum atomic E-state index is 0.241. The van der Waals surface area contributed by atoms with E-state index in [1.165, 1.54) is 4.90 Å². The van der Waals surface area contributed by atoms with Gasteiger partial charge in [-0.2, -0.15) is 0 Å². The first-order valence-corrected chi connectivity index (χ1v) is 11.1. The Morgan fingerprint density at radius 3 is 2.59 bits per heavy atom. The van der Waals surface area contributed by atoms with Crippen LogP contribution in [0.25, 0.3) is 10.2 Å². The molecule has 0 aliphatic carbocycles. The maximum Gasteiger partial charge on any atom is 0.223 e. The van der Waals surface area contributed by atoms with Gasteiger partial charge in [0.1, 0.15) is 5.52 Å². The summed E-state index contributed by atoms with van der Waals surface area (Å²) in [6, 6.07) is 16.1. The van der Waals surface area contributed by atoms with E-state index < -0.39 is 0 Å². The summed E-state index contributed by atoms with van der Waals surface area (Å²) in [7, 11) is 0. The molecule has 0 radical (unpaired) electrons. The Morgan fingerprint density at radius 1 is 1.07 bits per heavy atom. The number of nitrogens with zero attached hydrogens (tertiary/aromatic N) is 3. The van der Waals surface area contributed by atoms with Crippen molar-refractivity contribution in [3.63, 3.8) is 0 Å². The normalized spacial score (nSPS) is 14.7. The average molecular weight is 418 g/mol. The lowest BCUT2D eigenvalue weighted by molar-refractivity contribution is -0.131. The molecule has 4 nitrogen and oxygen atoms in total. The van der Waals surface area contributed by atoms with Gasteiger partial charge >= 0.3 is 0 Å². The van der Waals surface area contributed by atoms with E-state index in [0.29, 0.717) is 11.4 Å². The van der Waals surface area contributed by atoms with Crippen LogP contribution in [-0.4, -0.2) is 47.7 Å².